The Labute approximate surface area is 113 Å². The molecular formula is C12H14F3N3O2. The Bertz CT molecular complexity index is 519. The molecule has 1 heterocycles. The maximum atomic E-state index is 12.7. The molecule has 1 aromatic heterocycles. The second-order valence-electron chi connectivity index (χ2n) is 4.69. The van der Waals surface area contributed by atoms with Crippen LogP contribution in [-0.2, 0) is 10.9 Å². The van der Waals surface area contributed by atoms with Gasteiger partial charge >= 0.3 is 6.18 Å². The van der Waals surface area contributed by atoms with Crippen LogP contribution in [-0.4, -0.2) is 24.6 Å². The maximum absolute atomic E-state index is 12.7. The number of hydrazine groups is 1. The highest BCUT2D eigenvalue weighted by Gasteiger charge is 2.42. The molecular weight excluding hydrogens is 275 g/mol. The van der Waals surface area contributed by atoms with E-state index in [0.29, 0.717) is 19.2 Å². The summed E-state index contributed by atoms with van der Waals surface area (Å²) in [5.74, 6) is 4.28. The fraction of sp³-hybridized carbons (Fsp3) is 0.500. The normalized spacial score (nSPS) is 21.6. The van der Waals surface area contributed by atoms with E-state index < -0.39 is 17.6 Å². The third-order valence-corrected chi connectivity index (χ3v) is 3.29. The molecule has 2 rings (SSSR count). The number of ether oxygens (including phenoxy) is 1. The number of nitrogens with one attached hydrogen (secondary N) is 1. The number of nitrogen functional groups attached to an aromatic ring is 1. The SMILES string of the molecule is COCC1C[C@H]1c1cc(C(F)(F)F)cnc1C(=O)NN. The van der Waals surface area contributed by atoms with E-state index in [-0.39, 0.29) is 23.1 Å². The van der Waals surface area contributed by atoms with Crippen molar-refractivity contribution in [3.05, 3.63) is 29.1 Å². The molecule has 1 amide bonds. The predicted octanol–water partition coefficient (Wildman–Crippen LogP) is 1.45. The zero-order valence-electron chi connectivity index (χ0n) is 10.7. The number of carbonyl (C=O) groups excluding carboxylic acids is 1. The quantitative estimate of drug-likeness (QED) is 0.500. The van der Waals surface area contributed by atoms with Gasteiger partial charge in [-0.3, -0.25) is 15.2 Å². The van der Waals surface area contributed by atoms with Crippen molar-refractivity contribution in [2.45, 2.75) is 18.5 Å². The molecule has 0 spiro atoms. The van der Waals surface area contributed by atoms with Gasteiger partial charge in [0.1, 0.15) is 5.69 Å². The molecule has 0 aliphatic heterocycles. The third-order valence-electron chi connectivity index (χ3n) is 3.29. The molecule has 5 nitrogen and oxygen atoms in total. The number of hydrogen-bond donors (Lipinski definition) is 2. The van der Waals surface area contributed by atoms with Crippen LogP contribution >= 0.6 is 0 Å². The van der Waals surface area contributed by atoms with E-state index in [1.54, 1.807) is 0 Å². The van der Waals surface area contributed by atoms with Crippen molar-refractivity contribution in [2.75, 3.05) is 13.7 Å². The molecule has 1 unspecified atom stereocenters. The molecule has 0 radical (unpaired) electrons. The first-order chi connectivity index (χ1) is 9.38. The number of alkyl halides is 3. The van der Waals surface area contributed by atoms with E-state index in [4.69, 9.17) is 10.6 Å². The molecule has 8 heteroatoms. The highest BCUT2D eigenvalue weighted by molar-refractivity contribution is 5.93. The minimum Gasteiger partial charge on any atom is -0.384 e. The number of hydrogen-bond acceptors (Lipinski definition) is 4. The van der Waals surface area contributed by atoms with Crippen LogP contribution in [0.25, 0.3) is 0 Å². The third kappa shape index (κ3) is 2.91. The number of pyridine rings is 1. The predicted molar refractivity (Wildman–Crippen MR) is 63.6 cm³/mol. The first-order valence-corrected chi connectivity index (χ1v) is 5.95. The Morgan fingerprint density at radius 3 is 2.85 bits per heavy atom. The Morgan fingerprint density at radius 2 is 2.30 bits per heavy atom. The summed E-state index contributed by atoms with van der Waals surface area (Å²) < 4.78 is 43.1. The molecule has 3 N–H and O–H groups in total. The summed E-state index contributed by atoms with van der Waals surface area (Å²) in [6.45, 7) is 0.435. The summed E-state index contributed by atoms with van der Waals surface area (Å²) in [4.78, 5) is 15.2. The van der Waals surface area contributed by atoms with Crippen LogP contribution in [0.5, 0.6) is 0 Å². The van der Waals surface area contributed by atoms with E-state index in [1.807, 2.05) is 5.43 Å². The second-order valence-corrected chi connectivity index (χ2v) is 4.69. The summed E-state index contributed by atoms with van der Waals surface area (Å²) in [5, 5.41) is 0. The Balaban J connectivity index is 2.37. The van der Waals surface area contributed by atoms with Crippen molar-refractivity contribution < 1.29 is 22.7 Å². The molecule has 2 atom stereocenters. The molecule has 0 aromatic carbocycles. The largest absolute Gasteiger partial charge is 0.417 e. The van der Waals surface area contributed by atoms with Crippen LogP contribution in [0, 0.1) is 5.92 Å². The minimum absolute atomic E-state index is 0.0656. The summed E-state index contributed by atoms with van der Waals surface area (Å²) in [6.07, 6.45) is -3.19. The van der Waals surface area contributed by atoms with Crippen LogP contribution in [0.2, 0.25) is 0 Å². The maximum Gasteiger partial charge on any atom is 0.417 e. The highest BCUT2D eigenvalue weighted by Crippen LogP contribution is 2.49. The molecule has 1 aliphatic rings. The van der Waals surface area contributed by atoms with E-state index in [9.17, 15) is 18.0 Å². The van der Waals surface area contributed by atoms with Gasteiger partial charge in [0.15, 0.2) is 0 Å². The van der Waals surface area contributed by atoms with Crippen molar-refractivity contribution in [3.8, 4) is 0 Å². The van der Waals surface area contributed by atoms with Gasteiger partial charge in [-0.2, -0.15) is 13.2 Å². The van der Waals surface area contributed by atoms with Gasteiger partial charge in [0.05, 0.1) is 5.56 Å². The standard InChI is InChI=1S/C12H14F3N3O2/c1-20-5-6-2-8(6)9-3-7(12(13,14)15)4-17-10(9)11(19)18-16/h3-4,6,8H,2,5,16H2,1H3,(H,18,19)/t6?,8-/m1/s1. The second kappa shape index (κ2) is 5.37. The highest BCUT2D eigenvalue weighted by atomic mass is 19.4. The van der Waals surface area contributed by atoms with Crippen LogP contribution in [0.15, 0.2) is 12.3 Å². The molecule has 110 valence electrons. The molecule has 1 fully saturated rings. The van der Waals surface area contributed by atoms with Gasteiger partial charge in [0, 0.05) is 19.9 Å². The lowest BCUT2D eigenvalue weighted by Crippen LogP contribution is -2.31. The lowest BCUT2D eigenvalue weighted by Gasteiger charge is -2.12. The molecule has 20 heavy (non-hydrogen) atoms. The molecule has 0 saturated heterocycles. The number of nitrogens with zero attached hydrogens (tertiary/aromatic N) is 1. The lowest BCUT2D eigenvalue weighted by atomic mass is 10.0. The number of halogens is 3. The number of amides is 1. The zero-order valence-corrected chi connectivity index (χ0v) is 10.7. The Kier molecular flexibility index (Phi) is 3.96. The molecule has 1 aromatic rings. The summed E-state index contributed by atoms with van der Waals surface area (Å²) in [6, 6.07) is 0.970. The minimum atomic E-state index is -4.49. The summed E-state index contributed by atoms with van der Waals surface area (Å²) in [5.41, 5.74) is 1.23. The number of carbonyl (C=O) groups is 1. The van der Waals surface area contributed by atoms with Gasteiger partial charge in [0.2, 0.25) is 0 Å². The van der Waals surface area contributed by atoms with Gasteiger partial charge in [-0.05, 0) is 29.9 Å². The number of aromatic nitrogens is 1. The van der Waals surface area contributed by atoms with Crippen LogP contribution in [0.1, 0.15) is 34.0 Å². The van der Waals surface area contributed by atoms with Crippen molar-refractivity contribution in [3.63, 3.8) is 0 Å². The fourth-order valence-corrected chi connectivity index (χ4v) is 2.20. The van der Waals surface area contributed by atoms with Crippen LogP contribution in [0.4, 0.5) is 13.2 Å². The van der Waals surface area contributed by atoms with E-state index in [2.05, 4.69) is 4.98 Å². The van der Waals surface area contributed by atoms with Crippen LogP contribution in [0.3, 0.4) is 0 Å². The Morgan fingerprint density at radius 1 is 1.60 bits per heavy atom. The summed E-state index contributed by atoms with van der Waals surface area (Å²) >= 11 is 0. The number of rotatable bonds is 4. The summed E-state index contributed by atoms with van der Waals surface area (Å²) in [7, 11) is 1.52. The fourth-order valence-electron chi connectivity index (χ4n) is 2.20. The van der Waals surface area contributed by atoms with Crippen LogP contribution < -0.4 is 11.3 Å². The van der Waals surface area contributed by atoms with Crippen molar-refractivity contribution in [1.82, 2.24) is 10.4 Å². The average Bonchev–Trinajstić information content (AvgIpc) is 3.16. The topological polar surface area (TPSA) is 77.2 Å². The van der Waals surface area contributed by atoms with Gasteiger partial charge in [0.25, 0.3) is 5.91 Å². The van der Waals surface area contributed by atoms with Gasteiger partial charge in [-0.1, -0.05) is 0 Å². The molecule has 1 aliphatic carbocycles. The van der Waals surface area contributed by atoms with Gasteiger partial charge < -0.3 is 4.74 Å². The van der Waals surface area contributed by atoms with E-state index >= 15 is 0 Å². The molecule has 0 bridgehead atoms. The molecule has 1 saturated carbocycles. The Hall–Kier alpha value is -1.67. The van der Waals surface area contributed by atoms with E-state index in [0.717, 1.165) is 6.07 Å². The van der Waals surface area contributed by atoms with Gasteiger partial charge in [-0.25, -0.2) is 5.84 Å². The average molecular weight is 289 g/mol. The van der Waals surface area contributed by atoms with Crippen molar-refractivity contribution in [2.24, 2.45) is 11.8 Å². The smallest absolute Gasteiger partial charge is 0.384 e. The number of nitrogens with two attached hydrogens (primary N) is 1. The first kappa shape index (κ1) is 14.7. The number of methoxy groups -OCH3 is 1. The lowest BCUT2D eigenvalue weighted by molar-refractivity contribution is -0.137. The first-order valence-electron chi connectivity index (χ1n) is 5.95. The van der Waals surface area contributed by atoms with Gasteiger partial charge in [-0.15, -0.1) is 0 Å². The zero-order chi connectivity index (χ0) is 14.9. The van der Waals surface area contributed by atoms with E-state index in [1.165, 1.54) is 7.11 Å². The van der Waals surface area contributed by atoms with Crippen molar-refractivity contribution in [1.29, 1.82) is 0 Å². The monoisotopic (exact) mass is 289 g/mol. The van der Waals surface area contributed by atoms with Crippen molar-refractivity contribution >= 4 is 5.91 Å².